The number of carbonyl (C=O) groups is 2. The van der Waals surface area contributed by atoms with Gasteiger partial charge in [0.25, 0.3) is 5.91 Å². The predicted molar refractivity (Wildman–Crippen MR) is 92.8 cm³/mol. The molecule has 0 aliphatic heterocycles. The standard InChI is InChI=1S/C18H22N2O2S/c1-11(2)17(15(21)9-16-19-10-13(4)23-16)20-18(22)14-7-5-6-12(3)8-14/h5-8,10-11,17H,9H2,1-4H3,(H,20,22). The quantitative estimate of drug-likeness (QED) is 0.884. The van der Waals surface area contributed by atoms with Gasteiger partial charge in [0.15, 0.2) is 5.78 Å². The summed E-state index contributed by atoms with van der Waals surface area (Å²) in [5, 5.41) is 3.67. The van der Waals surface area contributed by atoms with Crippen molar-refractivity contribution in [3.63, 3.8) is 0 Å². The van der Waals surface area contributed by atoms with Gasteiger partial charge in [0.2, 0.25) is 0 Å². The number of rotatable bonds is 6. The van der Waals surface area contributed by atoms with Gasteiger partial charge in [0, 0.05) is 16.6 Å². The van der Waals surface area contributed by atoms with Gasteiger partial charge >= 0.3 is 0 Å². The topological polar surface area (TPSA) is 59.1 Å². The SMILES string of the molecule is Cc1cccc(C(=O)NC(C(=O)Cc2ncc(C)s2)C(C)C)c1. The molecule has 0 spiro atoms. The van der Waals surface area contributed by atoms with Gasteiger partial charge in [-0.2, -0.15) is 0 Å². The van der Waals surface area contributed by atoms with E-state index in [0.717, 1.165) is 15.4 Å². The summed E-state index contributed by atoms with van der Waals surface area (Å²) in [5.41, 5.74) is 1.59. The Bertz CT molecular complexity index is 707. The van der Waals surface area contributed by atoms with Crippen LogP contribution in [0, 0.1) is 19.8 Å². The molecule has 1 heterocycles. The molecule has 1 aromatic carbocycles. The van der Waals surface area contributed by atoms with E-state index in [1.807, 2.05) is 45.9 Å². The predicted octanol–water partition coefficient (Wildman–Crippen LogP) is 3.33. The molecule has 0 saturated carbocycles. The van der Waals surface area contributed by atoms with E-state index >= 15 is 0 Å². The maximum absolute atomic E-state index is 12.5. The molecule has 5 heteroatoms. The van der Waals surface area contributed by atoms with Crippen molar-refractivity contribution in [3.05, 3.63) is 51.5 Å². The zero-order valence-corrected chi connectivity index (χ0v) is 14.7. The molecule has 0 radical (unpaired) electrons. The summed E-state index contributed by atoms with van der Waals surface area (Å²) in [6.45, 7) is 7.77. The summed E-state index contributed by atoms with van der Waals surface area (Å²) in [4.78, 5) is 30.3. The summed E-state index contributed by atoms with van der Waals surface area (Å²) >= 11 is 1.52. The van der Waals surface area contributed by atoms with E-state index in [0.29, 0.717) is 5.56 Å². The first-order chi connectivity index (χ1) is 10.9. The van der Waals surface area contributed by atoms with Crippen LogP contribution in [0.1, 0.15) is 39.7 Å². The molecule has 0 aliphatic rings. The fourth-order valence-electron chi connectivity index (χ4n) is 2.37. The molecule has 2 rings (SSSR count). The first kappa shape index (κ1) is 17.3. The Morgan fingerprint density at radius 3 is 2.57 bits per heavy atom. The number of nitrogens with zero attached hydrogens (tertiary/aromatic N) is 1. The number of hydrogen-bond acceptors (Lipinski definition) is 4. The van der Waals surface area contributed by atoms with Crippen molar-refractivity contribution in [2.75, 3.05) is 0 Å². The summed E-state index contributed by atoms with van der Waals surface area (Å²) in [5.74, 6) is -0.191. The number of aryl methyl sites for hydroxylation is 2. The van der Waals surface area contributed by atoms with Gasteiger partial charge in [-0.15, -0.1) is 11.3 Å². The minimum atomic E-state index is -0.507. The van der Waals surface area contributed by atoms with Crippen LogP contribution in [0.2, 0.25) is 0 Å². The van der Waals surface area contributed by atoms with E-state index in [1.165, 1.54) is 11.3 Å². The third-order valence-electron chi connectivity index (χ3n) is 3.58. The molecule has 1 aromatic heterocycles. The van der Waals surface area contributed by atoms with Gasteiger partial charge in [-0.25, -0.2) is 4.98 Å². The lowest BCUT2D eigenvalue weighted by atomic mass is 9.97. The molecule has 0 bridgehead atoms. The Hall–Kier alpha value is -2.01. The van der Waals surface area contributed by atoms with E-state index in [2.05, 4.69) is 10.3 Å². The van der Waals surface area contributed by atoms with Crippen molar-refractivity contribution in [3.8, 4) is 0 Å². The molecule has 0 aliphatic carbocycles. The van der Waals surface area contributed by atoms with Crippen molar-refractivity contribution in [2.45, 2.75) is 40.2 Å². The van der Waals surface area contributed by atoms with Crippen LogP contribution in [-0.2, 0) is 11.2 Å². The smallest absolute Gasteiger partial charge is 0.251 e. The van der Waals surface area contributed by atoms with Crippen molar-refractivity contribution < 1.29 is 9.59 Å². The number of benzene rings is 1. The second-order valence-electron chi connectivity index (χ2n) is 6.07. The van der Waals surface area contributed by atoms with Gasteiger partial charge < -0.3 is 5.32 Å². The third kappa shape index (κ3) is 4.73. The van der Waals surface area contributed by atoms with E-state index in [-0.39, 0.29) is 24.0 Å². The van der Waals surface area contributed by atoms with Gasteiger partial charge in [0.1, 0.15) is 5.01 Å². The molecule has 1 atom stereocenters. The van der Waals surface area contributed by atoms with Crippen molar-refractivity contribution >= 4 is 23.0 Å². The minimum Gasteiger partial charge on any atom is -0.342 e. The average molecular weight is 330 g/mol. The lowest BCUT2D eigenvalue weighted by Crippen LogP contribution is -2.45. The number of Topliss-reactive ketones (excluding diaryl/α,β-unsaturated/α-hetero) is 1. The van der Waals surface area contributed by atoms with Crippen molar-refractivity contribution in [1.82, 2.24) is 10.3 Å². The minimum absolute atomic E-state index is 0.00430. The van der Waals surface area contributed by atoms with Crippen LogP contribution in [-0.4, -0.2) is 22.7 Å². The van der Waals surface area contributed by atoms with Gasteiger partial charge in [-0.05, 0) is 31.9 Å². The van der Waals surface area contributed by atoms with Crippen LogP contribution < -0.4 is 5.32 Å². The number of aromatic nitrogens is 1. The fraction of sp³-hybridized carbons (Fsp3) is 0.389. The maximum Gasteiger partial charge on any atom is 0.251 e. The number of hydrogen-bond donors (Lipinski definition) is 1. The molecule has 1 unspecified atom stereocenters. The van der Waals surface area contributed by atoms with E-state index in [1.54, 1.807) is 12.3 Å². The Morgan fingerprint density at radius 1 is 1.26 bits per heavy atom. The lowest BCUT2D eigenvalue weighted by molar-refractivity contribution is -0.121. The molecule has 4 nitrogen and oxygen atoms in total. The van der Waals surface area contributed by atoms with Crippen LogP contribution in [0.25, 0.3) is 0 Å². The summed E-state index contributed by atoms with van der Waals surface area (Å²) in [7, 11) is 0. The second kappa shape index (κ2) is 7.51. The summed E-state index contributed by atoms with van der Waals surface area (Å²) in [6.07, 6.45) is 2.03. The molecule has 2 aromatic rings. The molecule has 0 saturated heterocycles. The Labute approximate surface area is 141 Å². The highest BCUT2D eigenvalue weighted by Crippen LogP contribution is 2.15. The number of ketones is 1. The third-order valence-corrected chi connectivity index (χ3v) is 4.49. The molecule has 0 fully saturated rings. The van der Waals surface area contributed by atoms with Crippen molar-refractivity contribution in [2.24, 2.45) is 5.92 Å². The van der Waals surface area contributed by atoms with Crippen LogP contribution in [0.15, 0.2) is 30.5 Å². The number of carbonyl (C=O) groups excluding carboxylic acids is 2. The number of thiazole rings is 1. The zero-order valence-electron chi connectivity index (χ0n) is 13.9. The van der Waals surface area contributed by atoms with E-state index in [4.69, 9.17) is 0 Å². The van der Waals surface area contributed by atoms with Crippen LogP contribution in [0.4, 0.5) is 0 Å². The summed E-state index contributed by atoms with van der Waals surface area (Å²) in [6, 6.07) is 6.85. The molecule has 1 N–H and O–H groups in total. The first-order valence-electron chi connectivity index (χ1n) is 7.68. The van der Waals surface area contributed by atoms with Crippen LogP contribution in [0.3, 0.4) is 0 Å². The normalized spacial score (nSPS) is 12.2. The van der Waals surface area contributed by atoms with Crippen LogP contribution in [0.5, 0.6) is 0 Å². The highest BCUT2D eigenvalue weighted by Gasteiger charge is 2.25. The first-order valence-corrected chi connectivity index (χ1v) is 8.50. The fourth-order valence-corrected chi connectivity index (χ4v) is 3.17. The monoisotopic (exact) mass is 330 g/mol. The molecule has 1 amide bonds. The number of amides is 1. The van der Waals surface area contributed by atoms with Crippen molar-refractivity contribution in [1.29, 1.82) is 0 Å². The van der Waals surface area contributed by atoms with Crippen LogP contribution >= 0.6 is 11.3 Å². The molecule has 23 heavy (non-hydrogen) atoms. The summed E-state index contributed by atoms with van der Waals surface area (Å²) < 4.78 is 0. The Morgan fingerprint density at radius 2 is 2.00 bits per heavy atom. The number of nitrogens with one attached hydrogen (secondary N) is 1. The van der Waals surface area contributed by atoms with E-state index < -0.39 is 6.04 Å². The maximum atomic E-state index is 12.5. The van der Waals surface area contributed by atoms with Gasteiger partial charge in [-0.3, -0.25) is 9.59 Å². The van der Waals surface area contributed by atoms with Gasteiger partial charge in [0.05, 0.1) is 12.5 Å². The van der Waals surface area contributed by atoms with E-state index in [9.17, 15) is 9.59 Å². The second-order valence-corrected chi connectivity index (χ2v) is 7.39. The zero-order chi connectivity index (χ0) is 17.0. The molecular weight excluding hydrogens is 308 g/mol. The average Bonchev–Trinajstić information content (AvgIpc) is 2.89. The largest absolute Gasteiger partial charge is 0.342 e. The molecular formula is C18H22N2O2S. The highest BCUT2D eigenvalue weighted by molar-refractivity contribution is 7.11. The Balaban J connectivity index is 2.09. The lowest BCUT2D eigenvalue weighted by Gasteiger charge is -2.21. The van der Waals surface area contributed by atoms with Gasteiger partial charge in [-0.1, -0.05) is 31.5 Å². The Kier molecular flexibility index (Phi) is 5.66. The molecule has 122 valence electrons. The highest BCUT2D eigenvalue weighted by atomic mass is 32.1.